The SMILES string of the molecule is O=C1C/C(=C\c2ccc(C(F)(F)F)cc2)[NH+]2CCC1CC2. The van der Waals surface area contributed by atoms with Crippen LogP contribution in [0.15, 0.2) is 30.0 Å². The molecule has 3 fully saturated rings. The van der Waals surface area contributed by atoms with Crippen molar-refractivity contribution in [1.82, 2.24) is 0 Å². The fourth-order valence-electron chi connectivity index (χ4n) is 3.19. The number of nitrogens with one attached hydrogen (secondary N) is 1. The lowest BCUT2D eigenvalue weighted by Gasteiger charge is -2.23. The third-order valence-corrected chi connectivity index (χ3v) is 4.44. The molecule has 4 rings (SSSR count). The second-order valence-corrected chi connectivity index (χ2v) is 5.81. The third kappa shape index (κ3) is 3.02. The molecule has 1 aromatic carbocycles. The van der Waals surface area contributed by atoms with E-state index in [0.29, 0.717) is 6.42 Å². The smallest absolute Gasteiger partial charge is 0.306 e. The normalized spacial score (nSPS) is 28.0. The molecular weight excluding hydrogens is 279 g/mol. The Morgan fingerprint density at radius 3 is 2.29 bits per heavy atom. The molecule has 21 heavy (non-hydrogen) atoms. The van der Waals surface area contributed by atoms with E-state index in [4.69, 9.17) is 0 Å². The predicted molar refractivity (Wildman–Crippen MR) is 72.5 cm³/mol. The average Bonchev–Trinajstić information content (AvgIpc) is 2.68. The van der Waals surface area contributed by atoms with Crippen LogP contribution in [0.2, 0.25) is 0 Å². The van der Waals surface area contributed by atoms with Crippen LogP contribution in [0.3, 0.4) is 0 Å². The molecule has 0 saturated carbocycles. The summed E-state index contributed by atoms with van der Waals surface area (Å²) in [5.41, 5.74) is 1.10. The zero-order valence-corrected chi connectivity index (χ0v) is 11.5. The van der Waals surface area contributed by atoms with Crippen LogP contribution in [0, 0.1) is 5.92 Å². The van der Waals surface area contributed by atoms with Gasteiger partial charge in [0.2, 0.25) is 0 Å². The first-order chi connectivity index (χ1) is 9.93. The second-order valence-electron chi connectivity index (χ2n) is 5.81. The van der Waals surface area contributed by atoms with Gasteiger partial charge in [-0.25, -0.2) is 0 Å². The summed E-state index contributed by atoms with van der Waals surface area (Å²) < 4.78 is 37.6. The number of fused-ring (bicyclic) bond motifs is 4. The molecule has 2 nitrogen and oxygen atoms in total. The third-order valence-electron chi connectivity index (χ3n) is 4.44. The van der Waals surface area contributed by atoms with Gasteiger partial charge in [0.15, 0.2) is 0 Å². The van der Waals surface area contributed by atoms with Gasteiger partial charge in [-0.3, -0.25) is 4.79 Å². The minimum atomic E-state index is -4.31. The topological polar surface area (TPSA) is 21.5 Å². The van der Waals surface area contributed by atoms with E-state index < -0.39 is 11.7 Å². The van der Waals surface area contributed by atoms with Crippen molar-refractivity contribution >= 4 is 11.9 Å². The van der Waals surface area contributed by atoms with Crippen molar-refractivity contribution in [2.75, 3.05) is 13.1 Å². The summed E-state index contributed by atoms with van der Waals surface area (Å²) in [6.07, 6.45) is -0.142. The van der Waals surface area contributed by atoms with E-state index >= 15 is 0 Å². The number of piperidine rings is 1. The number of quaternary nitrogens is 1. The van der Waals surface area contributed by atoms with Crippen LogP contribution in [-0.2, 0) is 11.0 Å². The second kappa shape index (κ2) is 5.30. The summed E-state index contributed by atoms with van der Waals surface area (Å²) in [5.74, 6) is 0.466. The molecule has 0 unspecified atom stereocenters. The summed E-state index contributed by atoms with van der Waals surface area (Å²) in [5, 5.41) is 0. The van der Waals surface area contributed by atoms with E-state index in [-0.39, 0.29) is 11.7 Å². The Kier molecular flexibility index (Phi) is 3.61. The standard InChI is InChI=1S/C16H16F3NO/c17-16(18,19)13-3-1-11(2-4-13)9-14-10-15(21)12-5-7-20(14)8-6-12/h1-4,9,12H,5-8,10H2/p+1/b14-9+. The lowest BCUT2D eigenvalue weighted by atomic mass is 9.94. The van der Waals surface area contributed by atoms with E-state index in [9.17, 15) is 18.0 Å². The fourth-order valence-corrected chi connectivity index (χ4v) is 3.19. The maximum Gasteiger partial charge on any atom is 0.416 e. The van der Waals surface area contributed by atoms with Crippen LogP contribution in [0.5, 0.6) is 0 Å². The molecule has 5 heteroatoms. The van der Waals surface area contributed by atoms with Crippen molar-refractivity contribution in [1.29, 1.82) is 0 Å². The molecule has 0 atom stereocenters. The van der Waals surface area contributed by atoms with Crippen LogP contribution in [0.1, 0.15) is 30.4 Å². The fraction of sp³-hybridized carbons (Fsp3) is 0.438. The van der Waals surface area contributed by atoms with Crippen LogP contribution in [-0.4, -0.2) is 18.9 Å². The number of hydrogen-bond acceptors (Lipinski definition) is 1. The highest BCUT2D eigenvalue weighted by molar-refractivity contribution is 5.84. The summed E-state index contributed by atoms with van der Waals surface area (Å²) in [6.45, 7) is 1.89. The van der Waals surface area contributed by atoms with Gasteiger partial charge in [0.25, 0.3) is 0 Å². The number of Topliss-reactive ketones (excluding diaryl/α,β-unsaturated/α-hetero) is 1. The number of carbonyl (C=O) groups excluding carboxylic acids is 1. The van der Waals surface area contributed by atoms with Crippen LogP contribution >= 0.6 is 0 Å². The molecular formula is C16H17F3NO+. The Labute approximate surface area is 121 Å². The van der Waals surface area contributed by atoms with Crippen LogP contribution < -0.4 is 4.90 Å². The van der Waals surface area contributed by atoms with E-state index in [1.165, 1.54) is 17.0 Å². The number of allylic oxidation sites excluding steroid dienone is 1. The van der Waals surface area contributed by atoms with E-state index in [1.54, 1.807) is 0 Å². The van der Waals surface area contributed by atoms with Gasteiger partial charge < -0.3 is 4.90 Å². The Morgan fingerprint density at radius 2 is 1.71 bits per heavy atom. The molecule has 0 amide bonds. The summed E-state index contributed by atoms with van der Waals surface area (Å²) >= 11 is 0. The predicted octanol–water partition coefficient (Wildman–Crippen LogP) is 2.31. The molecule has 112 valence electrons. The molecule has 3 aliphatic rings. The quantitative estimate of drug-likeness (QED) is 0.844. The molecule has 0 aromatic heterocycles. The number of carbonyl (C=O) groups is 1. The van der Waals surface area contributed by atoms with E-state index in [0.717, 1.165) is 49.3 Å². The summed E-state index contributed by atoms with van der Waals surface area (Å²) in [7, 11) is 0. The zero-order chi connectivity index (χ0) is 15.0. The molecule has 0 spiro atoms. The van der Waals surface area contributed by atoms with E-state index in [1.807, 2.05) is 6.08 Å². The van der Waals surface area contributed by atoms with Crippen LogP contribution in [0.25, 0.3) is 6.08 Å². The minimum Gasteiger partial charge on any atom is -0.306 e. The average molecular weight is 296 g/mol. The Bertz CT molecular complexity index is 566. The highest BCUT2D eigenvalue weighted by Crippen LogP contribution is 2.29. The molecule has 0 aliphatic carbocycles. The summed E-state index contributed by atoms with van der Waals surface area (Å²) in [6, 6.07) is 5.12. The first-order valence-electron chi connectivity index (χ1n) is 7.19. The molecule has 0 radical (unpaired) electrons. The molecule has 1 aromatic rings. The molecule has 3 heterocycles. The van der Waals surface area contributed by atoms with Crippen molar-refractivity contribution in [3.63, 3.8) is 0 Å². The van der Waals surface area contributed by atoms with Gasteiger partial charge in [0.05, 0.1) is 25.1 Å². The number of hydrogen-bond donors (Lipinski definition) is 1. The number of benzene rings is 1. The van der Waals surface area contributed by atoms with Gasteiger partial charge in [0.1, 0.15) is 11.5 Å². The minimum absolute atomic E-state index is 0.187. The Hall–Kier alpha value is -1.62. The molecule has 3 aliphatic heterocycles. The van der Waals surface area contributed by atoms with E-state index in [2.05, 4.69) is 0 Å². The van der Waals surface area contributed by atoms with Gasteiger partial charge in [-0.15, -0.1) is 0 Å². The Balaban J connectivity index is 1.85. The maximum atomic E-state index is 12.5. The zero-order valence-electron chi connectivity index (χ0n) is 11.5. The largest absolute Gasteiger partial charge is 0.416 e. The first-order valence-corrected chi connectivity index (χ1v) is 7.19. The van der Waals surface area contributed by atoms with Crippen LogP contribution in [0.4, 0.5) is 13.2 Å². The van der Waals surface area contributed by atoms with Crippen molar-refractivity contribution in [3.8, 4) is 0 Å². The first kappa shape index (κ1) is 14.3. The van der Waals surface area contributed by atoms with Gasteiger partial charge >= 0.3 is 6.18 Å². The lowest BCUT2D eigenvalue weighted by Crippen LogP contribution is -3.10. The van der Waals surface area contributed by atoms with Gasteiger partial charge in [-0.1, -0.05) is 12.1 Å². The monoisotopic (exact) mass is 296 g/mol. The number of ketones is 1. The molecule has 1 N–H and O–H groups in total. The number of alkyl halides is 3. The van der Waals surface area contributed by atoms with Crippen molar-refractivity contribution in [2.45, 2.75) is 25.4 Å². The lowest BCUT2D eigenvalue weighted by molar-refractivity contribution is -0.865. The van der Waals surface area contributed by atoms with Crippen molar-refractivity contribution < 1.29 is 22.9 Å². The van der Waals surface area contributed by atoms with Gasteiger partial charge in [-0.2, -0.15) is 13.2 Å². The van der Waals surface area contributed by atoms with Crippen molar-refractivity contribution in [2.24, 2.45) is 5.92 Å². The highest BCUT2D eigenvalue weighted by atomic mass is 19.4. The molecule has 3 saturated heterocycles. The Morgan fingerprint density at radius 1 is 1.10 bits per heavy atom. The van der Waals surface area contributed by atoms with Gasteiger partial charge in [0, 0.05) is 24.8 Å². The summed E-state index contributed by atoms with van der Waals surface area (Å²) in [4.78, 5) is 13.4. The highest BCUT2D eigenvalue weighted by Gasteiger charge is 2.35. The number of halogens is 3. The maximum absolute atomic E-state index is 12.5. The van der Waals surface area contributed by atoms with Crippen molar-refractivity contribution in [3.05, 3.63) is 41.1 Å². The molecule has 2 bridgehead atoms. The number of rotatable bonds is 1. The van der Waals surface area contributed by atoms with Gasteiger partial charge in [-0.05, 0) is 17.7 Å².